The second kappa shape index (κ2) is 5.76. The van der Waals surface area contributed by atoms with Crippen molar-refractivity contribution in [1.29, 1.82) is 0 Å². The van der Waals surface area contributed by atoms with Gasteiger partial charge in [0.25, 0.3) is 0 Å². The van der Waals surface area contributed by atoms with E-state index in [1.54, 1.807) is 19.1 Å². The summed E-state index contributed by atoms with van der Waals surface area (Å²) in [5, 5.41) is 9.74. The molecule has 1 N–H and O–H groups in total. The summed E-state index contributed by atoms with van der Waals surface area (Å²) in [6.07, 6.45) is -0.677. The zero-order valence-corrected chi connectivity index (χ0v) is 12.1. The number of hydrogen-bond acceptors (Lipinski definition) is 2. The molecule has 3 heteroatoms. The molecule has 0 radical (unpaired) electrons. The van der Waals surface area contributed by atoms with Gasteiger partial charge >= 0.3 is 0 Å². The van der Waals surface area contributed by atoms with Crippen molar-refractivity contribution in [1.82, 2.24) is 0 Å². The van der Waals surface area contributed by atoms with E-state index in [9.17, 15) is 9.50 Å². The summed E-state index contributed by atoms with van der Waals surface area (Å²) in [6, 6.07) is 10.9. The Kier molecular flexibility index (Phi) is 4.27. The molecule has 0 unspecified atom stereocenters. The third-order valence-electron chi connectivity index (χ3n) is 2.99. The molecule has 0 spiro atoms. The van der Waals surface area contributed by atoms with Crippen molar-refractivity contribution in [2.24, 2.45) is 0 Å². The number of aryl methyl sites for hydroxylation is 2. The van der Waals surface area contributed by atoms with Gasteiger partial charge in [0, 0.05) is 4.90 Å². The highest BCUT2D eigenvalue weighted by Crippen LogP contribution is 2.37. The van der Waals surface area contributed by atoms with Crippen molar-refractivity contribution < 1.29 is 9.50 Å². The van der Waals surface area contributed by atoms with E-state index in [1.165, 1.54) is 23.4 Å². The van der Waals surface area contributed by atoms with Crippen LogP contribution in [-0.4, -0.2) is 5.11 Å². The second-order valence-electron chi connectivity index (χ2n) is 4.71. The number of halogens is 1. The van der Waals surface area contributed by atoms with Gasteiger partial charge in [-0.2, -0.15) is 0 Å². The molecule has 0 aliphatic carbocycles. The molecule has 19 heavy (non-hydrogen) atoms. The predicted octanol–water partition coefficient (Wildman–Crippen LogP) is 4.65. The molecule has 0 bridgehead atoms. The van der Waals surface area contributed by atoms with Gasteiger partial charge in [0.1, 0.15) is 5.82 Å². The van der Waals surface area contributed by atoms with Crippen LogP contribution in [0, 0.1) is 19.7 Å². The van der Waals surface area contributed by atoms with Gasteiger partial charge in [-0.05, 0) is 44.0 Å². The molecule has 0 amide bonds. The highest BCUT2D eigenvalue weighted by Gasteiger charge is 2.14. The van der Waals surface area contributed by atoms with E-state index < -0.39 is 6.10 Å². The van der Waals surface area contributed by atoms with Crippen LogP contribution < -0.4 is 0 Å². The van der Waals surface area contributed by atoms with Crippen LogP contribution in [0.5, 0.6) is 0 Å². The van der Waals surface area contributed by atoms with E-state index in [0.29, 0.717) is 10.5 Å². The normalized spacial score (nSPS) is 12.5. The zero-order chi connectivity index (χ0) is 14.0. The Morgan fingerprint density at radius 3 is 2.53 bits per heavy atom. The van der Waals surface area contributed by atoms with Crippen molar-refractivity contribution in [3.63, 3.8) is 0 Å². The maximum Gasteiger partial charge on any atom is 0.137 e. The Morgan fingerprint density at radius 2 is 1.89 bits per heavy atom. The van der Waals surface area contributed by atoms with Gasteiger partial charge in [0.15, 0.2) is 0 Å². The van der Waals surface area contributed by atoms with Gasteiger partial charge in [-0.3, -0.25) is 0 Å². The number of benzene rings is 2. The molecule has 1 nitrogen and oxygen atoms in total. The minimum absolute atomic E-state index is 0.289. The Labute approximate surface area is 117 Å². The van der Waals surface area contributed by atoms with Crippen molar-refractivity contribution >= 4 is 11.8 Å². The summed E-state index contributed by atoms with van der Waals surface area (Å²) in [5.41, 5.74) is 2.93. The van der Waals surface area contributed by atoms with Crippen molar-refractivity contribution in [3.05, 3.63) is 58.9 Å². The third-order valence-corrected chi connectivity index (χ3v) is 4.30. The summed E-state index contributed by atoms with van der Waals surface area (Å²) in [7, 11) is 0. The molecular formula is C16H17FOS. The summed E-state index contributed by atoms with van der Waals surface area (Å²) in [5.74, 6) is -0.289. The SMILES string of the molecule is Cc1ccc(Sc2c(F)cccc2[C@H](C)O)c(C)c1. The highest BCUT2D eigenvalue weighted by molar-refractivity contribution is 7.99. The molecule has 0 saturated heterocycles. The Morgan fingerprint density at radius 1 is 1.16 bits per heavy atom. The van der Waals surface area contributed by atoms with Crippen molar-refractivity contribution in [3.8, 4) is 0 Å². The quantitative estimate of drug-likeness (QED) is 0.880. The fourth-order valence-electron chi connectivity index (χ4n) is 1.99. The van der Waals surface area contributed by atoms with E-state index in [1.807, 2.05) is 26.0 Å². The maximum atomic E-state index is 14.0. The number of rotatable bonds is 3. The third kappa shape index (κ3) is 3.17. The van der Waals surface area contributed by atoms with Gasteiger partial charge < -0.3 is 5.11 Å². The first kappa shape index (κ1) is 14.1. The van der Waals surface area contributed by atoms with Crippen molar-refractivity contribution in [2.75, 3.05) is 0 Å². The van der Waals surface area contributed by atoms with E-state index in [-0.39, 0.29) is 5.82 Å². The molecule has 2 aromatic rings. The highest BCUT2D eigenvalue weighted by atomic mass is 32.2. The number of aliphatic hydroxyl groups is 1. The van der Waals surface area contributed by atoms with Crippen LogP contribution in [0.3, 0.4) is 0 Å². The Bertz CT molecular complexity index is 593. The molecular weight excluding hydrogens is 259 g/mol. The summed E-state index contributed by atoms with van der Waals surface area (Å²) >= 11 is 1.37. The smallest absolute Gasteiger partial charge is 0.137 e. The average molecular weight is 276 g/mol. The zero-order valence-electron chi connectivity index (χ0n) is 11.3. The minimum Gasteiger partial charge on any atom is -0.389 e. The fourth-order valence-corrected chi connectivity index (χ4v) is 3.08. The lowest BCUT2D eigenvalue weighted by molar-refractivity contribution is 0.195. The van der Waals surface area contributed by atoms with Gasteiger partial charge in [0.05, 0.1) is 11.0 Å². The lowest BCUT2D eigenvalue weighted by Crippen LogP contribution is -1.97. The van der Waals surface area contributed by atoms with Crippen LogP contribution in [0.15, 0.2) is 46.2 Å². The average Bonchev–Trinajstić information content (AvgIpc) is 2.34. The van der Waals surface area contributed by atoms with E-state index in [4.69, 9.17) is 0 Å². The number of hydrogen-bond donors (Lipinski definition) is 1. The Hall–Kier alpha value is -1.32. The first-order valence-corrected chi connectivity index (χ1v) is 7.02. The van der Waals surface area contributed by atoms with Crippen molar-refractivity contribution in [2.45, 2.75) is 36.7 Å². The van der Waals surface area contributed by atoms with Crippen LogP contribution in [0.4, 0.5) is 4.39 Å². The first-order valence-electron chi connectivity index (χ1n) is 6.20. The molecule has 0 aromatic heterocycles. The van der Waals surface area contributed by atoms with Crippen LogP contribution in [0.25, 0.3) is 0 Å². The van der Waals surface area contributed by atoms with Gasteiger partial charge in [-0.15, -0.1) is 0 Å². The molecule has 2 aromatic carbocycles. The molecule has 0 fully saturated rings. The summed E-state index contributed by atoms with van der Waals surface area (Å²) in [6.45, 7) is 5.70. The lowest BCUT2D eigenvalue weighted by Gasteiger charge is -2.13. The van der Waals surface area contributed by atoms with Gasteiger partial charge in [-0.25, -0.2) is 4.39 Å². The summed E-state index contributed by atoms with van der Waals surface area (Å²) < 4.78 is 14.0. The Balaban J connectivity index is 2.43. The molecule has 0 aliphatic heterocycles. The standard InChI is InChI=1S/C16H17FOS/c1-10-7-8-15(11(2)9-10)19-16-13(12(3)18)5-4-6-14(16)17/h4-9,12,18H,1-3H3/t12-/m0/s1. The van der Waals surface area contributed by atoms with Crippen LogP contribution >= 0.6 is 11.8 Å². The van der Waals surface area contributed by atoms with Crippen LogP contribution in [0.2, 0.25) is 0 Å². The molecule has 0 heterocycles. The second-order valence-corrected chi connectivity index (χ2v) is 5.76. The van der Waals surface area contributed by atoms with E-state index in [0.717, 1.165) is 10.5 Å². The minimum atomic E-state index is -0.677. The van der Waals surface area contributed by atoms with Gasteiger partial charge in [0.2, 0.25) is 0 Å². The van der Waals surface area contributed by atoms with E-state index >= 15 is 0 Å². The fraction of sp³-hybridized carbons (Fsp3) is 0.250. The topological polar surface area (TPSA) is 20.2 Å². The molecule has 0 aliphatic rings. The predicted molar refractivity (Wildman–Crippen MR) is 77.1 cm³/mol. The first-order chi connectivity index (χ1) is 8.99. The molecule has 0 saturated carbocycles. The number of aliphatic hydroxyl groups excluding tert-OH is 1. The molecule has 2 rings (SSSR count). The largest absolute Gasteiger partial charge is 0.389 e. The maximum absolute atomic E-state index is 14.0. The molecule has 1 atom stereocenters. The molecule has 100 valence electrons. The summed E-state index contributed by atoms with van der Waals surface area (Å²) in [4.78, 5) is 1.52. The monoisotopic (exact) mass is 276 g/mol. The van der Waals surface area contributed by atoms with E-state index in [2.05, 4.69) is 6.07 Å². The lowest BCUT2D eigenvalue weighted by atomic mass is 10.1. The van der Waals surface area contributed by atoms with Gasteiger partial charge in [-0.1, -0.05) is 41.6 Å². The van der Waals surface area contributed by atoms with Crippen LogP contribution in [-0.2, 0) is 0 Å². The van der Waals surface area contributed by atoms with Crippen LogP contribution in [0.1, 0.15) is 29.7 Å².